The molecular weight excluding hydrogens is 166 g/mol. The highest BCUT2D eigenvalue weighted by atomic mass is 16.5. The lowest BCUT2D eigenvalue weighted by atomic mass is 10.1. The van der Waals surface area contributed by atoms with Gasteiger partial charge in [0.05, 0.1) is 19.6 Å². The highest BCUT2D eigenvalue weighted by Crippen LogP contribution is 2.16. The zero-order chi connectivity index (χ0) is 9.68. The second-order valence-electron chi connectivity index (χ2n) is 2.60. The van der Waals surface area contributed by atoms with Crippen molar-refractivity contribution in [1.82, 2.24) is 4.98 Å². The molecule has 0 aromatic carbocycles. The SMILES string of the molecule is COc1cc(C(N)CC#N)ccn1. The third-order valence-corrected chi connectivity index (χ3v) is 1.71. The lowest BCUT2D eigenvalue weighted by molar-refractivity contribution is 0.397. The number of rotatable bonds is 3. The van der Waals surface area contributed by atoms with Crippen molar-refractivity contribution in [2.24, 2.45) is 5.73 Å². The van der Waals surface area contributed by atoms with Crippen LogP contribution in [-0.4, -0.2) is 12.1 Å². The van der Waals surface area contributed by atoms with Gasteiger partial charge in [0.1, 0.15) is 0 Å². The Kier molecular flexibility index (Phi) is 3.23. The van der Waals surface area contributed by atoms with Gasteiger partial charge < -0.3 is 10.5 Å². The van der Waals surface area contributed by atoms with Crippen LogP contribution in [0.1, 0.15) is 18.0 Å². The lowest BCUT2D eigenvalue weighted by Gasteiger charge is -2.07. The highest BCUT2D eigenvalue weighted by Gasteiger charge is 2.06. The molecule has 0 fully saturated rings. The van der Waals surface area contributed by atoms with Crippen LogP contribution in [0.2, 0.25) is 0 Å². The summed E-state index contributed by atoms with van der Waals surface area (Å²) in [6.45, 7) is 0. The van der Waals surface area contributed by atoms with E-state index in [9.17, 15) is 0 Å². The molecule has 1 rings (SSSR count). The molecule has 1 atom stereocenters. The van der Waals surface area contributed by atoms with Gasteiger partial charge in [-0.2, -0.15) is 5.26 Å². The second-order valence-corrected chi connectivity index (χ2v) is 2.60. The Morgan fingerprint density at radius 2 is 2.54 bits per heavy atom. The summed E-state index contributed by atoms with van der Waals surface area (Å²) < 4.78 is 4.93. The van der Waals surface area contributed by atoms with Crippen molar-refractivity contribution in [2.75, 3.05) is 7.11 Å². The van der Waals surface area contributed by atoms with E-state index in [2.05, 4.69) is 4.98 Å². The smallest absolute Gasteiger partial charge is 0.213 e. The summed E-state index contributed by atoms with van der Waals surface area (Å²) in [5.74, 6) is 0.519. The fourth-order valence-electron chi connectivity index (χ4n) is 0.983. The van der Waals surface area contributed by atoms with Crippen molar-refractivity contribution >= 4 is 0 Å². The molecule has 0 bridgehead atoms. The van der Waals surface area contributed by atoms with Crippen LogP contribution in [0.5, 0.6) is 5.88 Å². The van der Waals surface area contributed by atoms with E-state index < -0.39 is 0 Å². The predicted octanol–water partition coefficient (Wildman–Crippen LogP) is 1.00. The first-order valence-corrected chi connectivity index (χ1v) is 3.90. The third kappa shape index (κ3) is 2.42. The van der Waals surface area contributed by atoms with Crippen molar-refractivity contribution in [2.45, 2.75) is 12.5 Å². The number of pyridine rings is 1. The van der Waals surface area contributed by atoms with Crippen molar-refractivity contribution < 1.29 is 4.74 Å². The minimum atomic E-state index is -0.262. The minimum Gasteiger partial charge on any atom is -0.481 e. The molecule has 0 spiro atoms. The van der Waals surface area contributed by atoms with Crippen LogP contribution in [-0.2, 0) is 0 Å². The summed E-state index contributed by atoms with van der Waals surface area (Å²) in [5, 5.41) is 8.45. The number of nitrogens with zero attached hydrogens (tertiary/aromatic N) is 2. The van der Waals surface area contributed by atoms with E-state index in [1.807, 2.05) is 6.07 Å². The Labute approximate surface area is 77.0 Å². The van der Waals surface area contributed by atoms with Gasteiger partial charge in [0, 0.05) is 18.3 Å². The van der Waals surface area contributed by atoms with E-state index in [1.165, 1.54) is 0 Å². The molecule has 13 heavy (non-hydrogen) atoms. The number of hydrogen-bond acceptors (Lipinski definition) is 4. The summed E-state index contributed by atoms with van der Waals surface area (Å²) in [6, 6.07) is 5.28. The quantitative estimate of drug-likeness (QED) is 0.747. The first-order valence-electron chi connectivity index (χ1n) is 3.90. The van der Waals surface area contributed by atoms with Gasteiger partial charge in [-0.1, -0.05) is 0 Å². The number of ether oxygens (including phenoxy) is 1. The van der Waals surface area contributed by atoms with Gasteiger partial charge in [-0.05, 0) is 11.6 Å². The fourth-order valence-corrected chi connectivity index (χ4v) is 0.983. The molecule has 1 aromatic rings. The molecule has 0 saturated heterocycles. The van der Waals surface area contributed by atoms with Crippen LogP contribution in [0, 0.1) is 11.3 Å². The Balaban J connectivity index is 2.83. The molecule has 0 aliphatic rings. The van der Waals surface area contributed by atoms with Gasteiger partial charge >= 0.3 is 0 Å². The maximum atomic E-state index is 8.45. The van der Waals surface area contributed by atoms with Gasteiger partial charge in [0.2, 0.25) is 5.88 Å². The Bertz CT molecular complexity index is 319. The average Bonchev–Trinajstić information content (AvgIpc) is 2.18. The van der Waals surface area contributed by atoms with Gasteiger partial charge in [-0.3, -0.25) is 0 Å². The normalized spacial score (nSPS) is 11.8. The molecule has 2 N–H and O–H groups in total. The number of nitriles is 1. The minimum absolute atomic E-state index is 0.262. The Morgan fingerprint density at radius 1 is 1.77 bits per heavy atom. The Hall–Kier alpha value is -1.60. The molecule has 0 aliphatic carbocycles. The largest absolute Gasteiger partial charge is 0.481 e. The molecule has 68 valence electrons. The van der Waals surface area contributed by atoms with Crippen LogP contribution < -0.4 is 10.5 Å². The van der Waals surface area contributed by atoms with E-state index in [1.54, 1.807) is 25.4 Å². The van der Waals surface area contributed by atoms with Gasteiger partial charge in [0.25, 0.3) is 0 Å². The van der Waals surface area contributed by atoms with Crippen molar-refractivity contribution in [3.63, 3.8) is 0 Å². The standard InChI is InChI=1S/C9H11N3O/c1-13-9-6-7(3-5-12-9)8(11)2-4-10/h3,5-6,8H,2,11H2,1H3. The van der Waals surface area contributed by atoms with Gasteiger partial charge in [-0.15, -0.1) is 0 Å². The molecule has 4 heteroatoms. The first-order chi connectivity index (χ1) is 6.27. The maximum absolute atomic E-state index is 8.45. The molecule has 4 nitrogen and oxygen atoms in total. The second kappa shape index (κ2) is 4.43. The Morgan fingerprint density at radius 3 is 3.15 bits per heavy atom. The summed E-state index contributed by atoms with van der Waals surface area (Å²) in [5.41, 5.74) is 6.59. The summed E-state index contributed by atoms with van der Waals surface area (Å²) in [7, 11) is 1.54. The van der Waals surface area contributed by atoms with E-state index >= 15 is 0 Å². The predicted molar refractivity (Wildman–Crippen MR) is 47.9 cm³/mol. The molecule has 1 unspecified atom stereocenters. The third-order valence-electron chi connectivity index (χ3n) is 1.71. The zero-order valence-corrected chi connectivity index (χ0v) is 7.40. The maximum Gasteiger partial charge on any atom is 0.213 e. The molecular formula is C9H11N3O. The monoisotopic (exact) mass is 177 g/mol. The topological polar surface area (TPSA) is 71.9 Å². The van der Waals surface area contributed by atoms with Crippen LogP contribution in [0.15, 0.2) is 18.3 Å². The molecule has 1 aromatic heterocycles. The number of hydrogen-bond donors (Lipinski definition) is 1. The highest BCUT2D eigenvalue weighted by molar-refractivity contribution is 5.23. The van der Waals surface area contributed by atoms with E-state index in [-0.39, 0.29) is 6.04 Å². The first kappa shape index (κ1) is 9.49. The molecule has 1 heterocycles. The number of nitrogens with two attached hydrogens (primary N) is 1. The van der Waals surface area contributed by atoms with Crippen molar-refractivity contribution in [1.29, 1.82) is 5.26 Å². The lowest BCUT2D eigenvalue weighted by Crippen LogP contribution is -2.09. The molecule has 0 aliphatic heterocycles. The van der Waals surface area contributed by atoms with Crippen LogP contribution >= 0.6 is 0 Å². The van der Waals surface area contributed by atoms with Crippen molar-refractivity contribution in [3.05, 3.63) is 23.9 Å². The summed E-state index contributed by atoms with van der Waals surface area (Å²) >= 11 is 0. The van der Waals surface area contributed by atoms with E-state index in [0.717, 1.165) is 5.56 Å². The van der Waals surface area contributed by atoms with E-state index in [0.29, 0.717) is 12.3 Å². The molecule has 0 saturated carbocycles. The summed E-state index contributed by atoms with van der Waals surface area (Å²) in [6.07, 6.45) is 1.92. The fraction of sp³-hybridized carbons (Fsp3) is 0.333. The molecule has 0 amide bonds. The summed E-state index contributed by atoms with van der Waals surface area (Å²) in [4.78, 5) is 3.94. The van der Waals surface area contributed by atoms with Crippen molar-refractivity contribution in [3.8, 4) is 11.9 Å². The van der Waals surface area contributed by atoms with Crippen LogP contribution in [0.25, 0.3) is 0 Å². The van der Waals surface area contributed by atoms with Crippen LogP contribution in [0.4, 0.5) is 0 Å². The molecule has 0 radical (unpaired) electrons. The van der Waals surface area contributed by atoms with Gasteiger partial charge in [0.15, 0.2) is 0 Å². The number of aromatic nitrogens is 1. The van der Waals surface area contributed by atoms with Crippen LogP contribution in [0.3, 0.4) is 0 Å². The zero-order valence-electron chi connectivity index (χ0n) is 7.40. The average molecular weight is 177 g/mol. The van der Waals surface area contributed by atoms with E-state index in [4.69, 9.17) is 15.7 Å². The van der Waals surface area contributed by atoms with Gasteiger partial charge in [-0.25, -0.2) is 4.98 Å². The number of methoxy groups -OCH3 is 1.